The zero-order chi connectivity index (χ0) is 11.5. The van der Waals surface area contributed by atoms with Crippen molar-refractivity contribution in [2.75, 3.05) is 6.54 Å². The average molecular weight is 286 g/mol. The maximum Gasteiger partial charge on any atom is 0.120 e. The number of benzene rings is 1. The predicted octanol–water partition coefficient (Wildman–Crippen LogP) is 2.02. The van der Waals surface area contributed by atoms with Crippen LogP contribution in [0.4, 0.5) is 0 Å². The maximum atomic E-state index is 9.61. The van der Waals surface area contributed by atoms with Crippen molar-refractivity contribution in [3.05, 3.63) is 28.2 Å². The van der Waals surface area contributed by atoms with Crippen LogP contribution in [0.25, 0.3) is 0 Å². The van der Waals surface area contributed by atoms with E-state index in [4.69, 9.17) is 5.11 Å². The number of hydrogen-bond acceptors (Lipinski definition) is 3. The molecule has 1 aliphatic rings. The van der Waals surface area contributed by atoms with Crippen molar-refractivity contribution in [3.8, 4) is 5.75 Å². The van der Waals surface area contributed by atoms with E-state index in [2.05, 4.69) is 21.2 Å². The molecule has 0 heterocycles. The van der Waals surface area contributed by atoms with Gasteiger partial charge in [-0.2, -0.15) is 0 Å². The van der Waals surface area contributed by atoms with E-state index >= 15 is 0 Å². The minimum Gasteiger partial charge on any atom is -0.508 e. The second kappa shape index (κ2) is 5.17. The van der Waals surface area contributed by atoms with Gasteiger partial charge >= 0.3 is 0 Å². The molecule has 0 atom stereocenters. The summed E-state index contributed by atoms with van der Waals surface area (Å²) in [6, 6.07) is 5.42. The number of phenolic OH excluding ortho intramolecular Hbond substituents is 1. The molecule has 16 heavy (non-hydrogen) atoms. The summed E-state index contributed by atoms with van der Waals surface area (Å²) in [7, 11) is 0. The lowest BCUT2D eigenvalue weighted by atomic mass is 9.82. The zero-order valence-electron chi connectivity index (χ0n) is 8.99. The SMILES string of the molecule is Oc1ccc(Br)cc1CNCC1CC(O)C1. The maximum absolute atomic E-state index is 9.61. The Morgan fingerprint density at radius 2 is 2.12 bits per heavy atom. The highest BCUT2D eigenvalue weighted by molar-refractivity contribution is 9.10. The number of nitrogens with one attached hydrogen (secondary N) is 1. The van der Waals surface area contributed by atoms with Crippen LogP contribution in [0, 0.1) is 5.92 Å². The van der Waals surface area contributed by atoms with Crippen molar-refractivity contribution in [1.82, 2.24) is 5.32 Å². The highest BCUT2D eigenvalue weighted by Crippen LogP contribution is 2.26. The average Bonchev–Trinajstić information content (AvgIpc) is 2.20. The lowest BCUT2D eigenvalue weighted by Crippen LogP contribution is -2.35. The van der Waals surface area contributed by atoms with Crippen LogP contribution in [-0.2, 0) is 6.54 Å². The van der Waals surface area contributed by atoms with E-state index in [9.17, 15) is 5.11 Å². The number of aliphatic hydroxyl groups is 1. The van der Waals surface area contributed by atoms with Crippen LogP contribution in [0.3, 0.4) is 0 Å². The van der Waals surface area contributed by atoms with Gasteiger partial charge in [0.25, 0.3) is 0 Å². The normalized spacial score (nSPS) is 24.1. The Bertz CT molecular complexity index is 364. The number of aliphatic hydroxyl groups excluding tert-OH is 1. The summed E-state index contributed by atoms with van der Waals surface area (Å²) < 4.78 is 0.973. The highest BCUT2D eigenvalue weighted by atomic mass is 79.9. The lowest BCUT2D eigenvalue weighted by molar-refractivity contribution is 0.0429. The standard InChI is InChI=1S/C12H16BrNO2/c13-10-1-2-12(16)9(5-10)7-14-6-8-3-11(15)4-8/h1-2,5,8,11,14-16H,3-4,6-7H2. The second-order valence-electron chi connectivity index (χ2n) is 4.40. The molecular formula is C12H16BrNO2. The van der Waals surface area contributed by atoms with Crippen LogP contribution < -0.4 is 5.32 Å². The van der Waals surface area contributed by atoms with Crippen molar-refractivity contribution in [1.29, 1.82) is 0 Å². The summed E-state index contributed by atoms with van der Waals surface area (Å²) in [6.07, 6.45) is 1.71. The number of phenols is 1. The molecule has 0 aliphatic heterocycles. The summed E-state index contributed by atoms with van der Waals surface area (Å²) in [5.41, 5.74) is 0.897. The third-order valence-corrected chi connectivity index (χ3v) is 3.49. The van der Waals surface area contributed by atoms with Gasteiger partial charge in [0.2, 0.25) is 0 Å². The molecule has 2 rings (SSSR count). The third kappa shape index (κ3) is 2.97. The lowest BCUT2D eigenvalue weighted by Gasteiger charge is -2.31. The van der Waals surface area contributed by atoms with Gasteiger partial charge in [-0.05, 0) is 43.5 Å². The van der Waals surface area contributed by atoms with Crippen molar-refractivity contribution >= 4 is 15.9 Å². The van der Waals surface area contributed by atoms with Crippen LogP contribution in [0.15, 0.2) is 22.7 Å². The van der Waals surface area contributed by atoms with Crippen LogP contribution in [-0.4, -0.2) is 22.9 Å². The first-order chi connectivity index (χ1) is 7.65. The van der Waals surface area contributed by atoms with Crippen molar-refractivity contribution in [2.24, 2.45) is 5.92 Å². The minimum absolute atomic E-state index is 0.0916. The van der Waals surface area contributed by atoms with Crippen molar-refractivity contribution in [2.45, 2.75) is 25.5 Å². The molecule has 0 spiro atoms. The first-order valence-electron chi connectivity index (χ1n) is 5.51. The van der Waals surface area contributed by atoms with Crippen LogP contribution in [0.2, 0.25) is 0 Å². The van der Waals surface area contributed by atoms with Crippen molar-refractivity contribution in [3.63, 3.8) is 0 Å². The zero-order valence-corrected chi connectivity index (χ0v) is 10.6. The molecule has 1 aromatic rings. The highest BCUT2D eigenvalue weighted by Gasteiger charge is 2.26. The predicted molar refractivity (Wildman–Crippen MR) is 66.2 cm³/mol. The number of halogens is 1. The smallest absolute Gasteiger partial charge is 0.120 e. The van der Waals surface area contributed by atoms with Gasteiger partial charge in [0.05, 0.1) is 6.10 Å². The molecule has 0 bridgehead atoms. The fourth-order valence-electron chi connectivity index (χ4n) is 1.97. The van der Waals surface area contributed by atoms with E-state index in [1.807, 2.05) is 12.1 Å². The van der Waals surface area contributed by atoms with Gasteiger partial charge in [0.15, 0.2) is 0 Å². The second-order valence-corrected chi connectivity index (χ2v) is 5.31. The largest absolute Gasteiger partial charge is 0.508 e. The molecule has 1 saturated carbocycles. The molecule has 0 amide bonds. The van der Waals surface area contributed by atoms with Crippen LogP contribution >= 0.6 is 15.9 Å². The van der Waals surface area contributed by atoms with E-state index in [-0.39, 0.29) is 6.10 Å². The first-order valence-corrected chi connectivity index (χ1v) is 6.30. The van der Waals surface area contributed by atoms with Gasteiger partial charge in [-0.25, -0.2) is 0 Å². The molecule has 88 valence electrons. The summed E-state index contributed by atoms with van der Waals surface area (Å²) in [6.45, 7) is 1.57. The summed E-state index contributed by atoms with van der Waals surface area (Å²) in [5, 5.41) is 22.1. The Morgan fingerprint density at radius 3 is 2.81 bits per heavy atom. The Hall–Kier alpha value is -0.580. The number of rotatable bonds is 4. The number of hydrogen-bond donors (Lipinski definition) is 3. The molecule has 1 aromatic carbocycles. The Kier molecular flexibility index (Phi) is 3.84. The van der Waals surface area contributed by atoms with Gasteiger partial charge in [-0.15, -0.1) is 0 Å². The summed E-state index contributed by atoms with van der Waals surface area (Å²) >= 11 is 3.38. The molecule has 1 fully saturated rings. The van der Waals surface area contributed by atoms with Crippen LogP contribution in [0.5, 0.6) is 5.75 Å². The first kappa shape index (κ1) is 11.9. The van der Waals surface area contributed by atoms with Gasteiger partial charge < -0.3 is 15.5 Å². The fourth-order valence-corrected chi connectivity index (χ4v) is 2.38. The molecule has 1 aliphatic carbocycles. The molecule has 0 unspecified atom stereocenters. The van der Waals surface area contributed by atoms with Gasteiger partial charge in [0, 0.05) is 16.6 Å². The topological polar surface area (TPSA) is 52.5 Å². The van der Waals surface area contributed by atoms with E-state index in [1.165, 1.54) is 0 Å². The molecule has 0 radical (unpaired) electrons. The molecule has 4 heteroatoms. The summed E-state index contributed by atoms with van der Waals surface area (Å²) in [5.74, 6) is 0.911. The van der Waals surface area contributed by atoms with Crippen molar-refractivity contribution < 1.29 is 10.2 Å². The van der Waals surface area contributed by atoms with E-state index in [0.717, 1.165) is 29.4 Å². The number of aromatic hydroxyl groups is 1. The van der Waals surface area contributed by atoms with Gasteiger partial charge in [-0.3, -0.25) is 0 Å². The quantitative estimate of drug-likeness (QED) is 0.793. The van der Waals surface area contributed by atoms with E-state index in [1.54, 1.807) is 6.07 Å². The fraction of sp³-hybridized carbons (Fsp3) is 0.500. The van der Waals surface area contributed by atoms with Gasteiger partial charge in [-0.1, -0.05) is 15.9 Å². The molecule has 3 N–H and O–H groups in total. The van der Waals surface area contributed by atoms with Gasteiger partial charge in [0.1, 0.15) is 5.75 Å². The molecule has 3 nitrogen and oxygen atoms in total. The molecule has 0 aromatic heterocycles. The minimum atomic E-state index is -0.0916. The molecule has 0 saturated heterocycles. The Balaban J connectivity index is 1.78. The molecular weight excluding hydrogens is 270 g/mol. The Morgan fingerprint density at radius 1 is 1.38 bits per heavy atom. The van der Waals surface area contributed by atoms with Crippen LogP contribution in [0.1, 0.15) is 18.4 Å². The summed E-state index contributed by atoms with van der Waals surface area (Å²) in [4.78, 5) is 0. The monoisotopic (exact) mass is 285 g/mol. The van der Waals surface area contributed by atoms with E-state index < -0.39 is 0 Å². The Labute approximate surface area is 104 Å². The van der Waals surface area contributed by atoms with E-state index in [0.29, 0.717) is 18.2 Å². The third-order valence-electron chi connectivity index (χ3n) is 3.00.